The van der Waals surface area contributed by atoms with E-state index in [4.69, 9.17) is 13.9 Å². The van der Waals surface area contributed by atoms with Crippen LogP contribution in [0, 0.1) is 6.92 Å². The van der Waals surface area contributed by atoms with Crippen LogP contribution in [0.25, 0.3) is 11.0 Å². The Bertz CT molecular complexity index is 1210. The van der Waals surface area contributed by atoms with Gasteiger partial charge in [0.1, 0.15) is 5.58 Å². The van der Waals surface area contributed by atoms with Crippen LogP contribution < -0.4 is 14.9 Å². The van der Waals surface area contributed by atoms with Crippen molar-refractivity contribution < 1.29 is 18.7 Å². The van der Waals surface area contributed by atoms with E-state index in [9.17, 15) is 9.59 Å². The summed E-state index contributed by atoms with van der Waals surface area (Å²) in [5.41, 5.74) is 2.36. The fourth-order valence-electron chi connectivity index (χ4n) is 4.21. The lowest BCUT2D eigenvalue weighted by atomic mass is 9.98. The van der Waals surface area contributed by atoms with E-state index in [1.54, 1.807) is 24.1 Å². The Balaban J connectivity index is 1.78. The molecule has 0 radical (unpaired) electrons. The number of amides is 1. The van der Waals surface area contributed by atoms with Crippen molar-refractivity contribution in [2.75, 3.05) is 20.3 Å². The van der Waals surface area contributed by atoms with Crippen LogP contribution in [-0.4, -0.2) is 31.1 Å². The molecule has 168 valence electrons. The van der Waals surface area contributed by atoms with Gasteiger partial charge in [-0.1, -0.05) is 37.5 Å². The number of fused-ring (bicyclic) bond motifs is 2. The summed E-state index contributed by atoms with van der Waals surface area (Å²) in [6.45, 7) is 7.09. The number of carbonyl (C=O) groups excluding carboxylic acids is 1. The largest absolute Gasteiger partial charge is 0.490 e. The minimum Gasteiger partial charge on any atom is -0.490 e. The summed E-state index contributed by atoms with van der Waals surface area (Å²) in [6.07, 6.45) is 3.21. The van der Waals surface area contributed by atoms with Gasteiger partial charge in [0.15, 0.2) is 16.9 Å². The van der Waals surface area contributed by atoms with E-state index in [2.05, 4.69) is 6.92 Å². The first-order valence-corrected chi connectivity index (χ1v) is 11.2. The molecule has 1 unspecified atom stereocenters. The maximum atomic E-state index is 13.4. The molecule has 2 aromatic carbocycles. The first-order valence-electron chi connectivity index (χ1n) is 11.2. The average molecular weight is 436 g/mol. The Morgan fingerprint density at radius 1 is 1.00 bits per heavy atom. The Kier molecular flexibility index (Phi) is 6.21. The average Bonchev–Trinajstić information content (AvgIpc) is 3.03. The van der Waals surface area contributed by atoms with Crippen LogP contribution in [0.1, 0.15) is 66.4 Å². The Morgan fingerprint density at radius 2 is 1.81 bits per heavy atom. The van der Waals surface area contributed by atoms with Gasteiger partial charge in [0.05, 0.1) is 30.2 Å². The highest BCUT2D eigenvalue weighted by Gasteiger charge is 2.41. The fraction of sp³-hybridized carbons (Fsp3) is 0.385. The van der Waals surface area contributed by atoms with E-state index in [1.807, 2.05) is 38.1 Å². The molecule has 1 amide bonds. The van der Waals surface area contributed by atoms with E-state index in [0.717, 1.165) is 30.4 Å². The lowest BCUT2D eigenvalue weighted by Gasteiger charge is -2.22. The van der Waals surface area contributed by atoms with Crippen molar-refractivity contribution >= 4 is 16.9 Å². The minimum atomic E-state index is -0.549. The second kappa shape index (κ2) is 9.07. The number of aryl methyl sites for hydroxylation is 1. The summed E-state index contributed by atoms with van der Waals surface area (Å²) >= 11 is 0. The topological polar surface area (TPSA) is 69.0 Å². The molecule has 0 saturated carbocycles. The normalized spacial score (nSPS) is 15.3. The van der Waals surface area contributed by atoms with E-state index in [1.165, 1.54) is 0 Å². The van der Waals surface area contributed by atoms with Gasteiger partial charge < -0.3 is 18.8 Å². The quantitative estimate of drug-likeness (QED) is 0.452. The molecule has 0 spiro atoms. The highest BCUT2D eigenvalue weighted by Crippen LogP contribution is 2.40. The van der Waals surface area contributed by atoms with Crippen LogP contribution in [-0.2, 0) is 0 Å². The first kappa shape index (κ1) is 21.9. The molecule has 0 saturated heterocycles. The monoisotopic (exact) mass is 435 g/mol. The van der Waals surface area contributed by atoms with Gasteiger partial charge in [-0.05, 0) is 50.1 Å². The molecule has 4 rings (SSSR count). The second-order valence-electron chi connectivity index (χ2n) is 8.19. The SMILES string of the molecule is CCCCCOc1ccc(C2c3c(oc4ccc(C)cc4c3=O)C(=O)N2C)cc1OCC. The number of hydrogen-bond donors (Lipinski definition) is 0. The van der Waals surface area contributed by atoms with Gasteiger partial charge in [-0.25, -0.2) is 0 Å². The molecule has 0 aliphatic carbocycles. The minimum absolute atomic E-state index is 0.108. The van der Waals surface area contributed by atoms with Crippen molar-refractivity contribution in [3.63, 3.8) is 0 Å². The van der Waals surface area contributed by atoms with Gasteiger partial charge in [-0.15, -0.1) is 0 Å². The third-order valence-electron chi connectivity index (χ3n) is 5.85. The molecule has 3 aromatic rings. The molecule has 0 fully saturated rings. The lowest BCUT2D eigenvalue weighted by Crippen LogP contribution is -2.25. The first-order chi connectivity index (χ1) is 15.5. The number of benzene rings is 2. The molecule has 1 aliphatic heterocycles. The third kappa shape index (κ3) is 3.85. The Hall–Kier alpha value is -3.28. The summed E-state index contributed by atoms with van der Waals surface area (Å²) in [5.74, 6) is 1.08. The van der Waals surface area contributed by atoms with Crippen molar-refractivity contribution in [2.24, 2.45) is 0 Å². The molecule has 1 aliphatic rings. The fourth-order valence-corrected chi connectivity index (χ4v) is 4.21. The van der Waals surface area contributed by atoms with Crippen molar-refractivity contribution in [3.8, 4) is 11.5 Å². The molecular weight excluding hydrogens is 406 g/mol. The summed E-state index contributed by atoms with van der Waals surface area (Å²) < 4.78 is 17.7. The maximum absolute atomic E-state index is 13.4. The lowest BCUT2D eigenvalue weighted by molar-refractivity contribution is 0.0771. The molecule has 2 heterocycles. The van der Waals surface area contributed by atoms with E-state index in [0.29, 0.717) is 41.2 Å². The molecule has 0 N–H and O–H groups in total. The Morgan fingerprint density at radius 3 is 2.56 bits per heavy atom. The van der Waals surface area contributed by atoms with Gasteiger partial charge >= 0.3 is 0 Å². The highest BCUT2D eigenvalue weighted by atomic mass is 16.5. The zero-order chi connectivity index (χ0) is 22.8. The molecule has 32 heavy (non-hydrogen) atoms. The maximum Gasteiger partial charge on any atom is 0.290 e. The zero-order valence-electron chi connectivity index (χ0n) is 19.1. The number of ether oxygens (including phenoxy) is 2. The molecule has 1 atom stereocenters. The van der Waals surface area contributed by atoms with Crippen LogP contribution in [0.15, 0.2) is 45.6 Å². The van der Waals surface area contributed by atoms with E-state index < -0.39 is 6.04 Å². The van der Waals surface area contributed by atoms with Crippen LogP contribution in [0.3, 0.4) is 0 Å². The number of nitrogens with zero attached hydrogens (tertiary/aromatic N) is 1. The van der Waals surface area contributed by atoms with Crippen molar-refractivity contribution in [1.29, 1.82) is 0 Å². The van der Waals surface area contributed by atoms with Crippen LogP contribution >= 0.6 is 0 Å². The predicted molar refractivity (Wildman–Crippen MR) is 124 cm³/mol. The smallest absolute Gasteiger partial charge is 0.290 e. The van der Waals surface area contributed by atoms with E-state index >= 15 is 0 Å². The zero-order valence-corrected chi connectivity index (χ0v) is 19.1. The van der Waals surface area contributed by atoms with Gasteiger partial charge in [-0.3, -0.25) is 9.59 Å². The Labute approximate surface area is 187 Å². The van der Waals surface area contributed by atoms with Crippen molar-refractivity contribution in [2.45, 2.75) is 46.1 Å². The third-order valence-corrected chi connectivity index (χ3v) is 5.85. The second-order valence-corrected chi connectivity index (χ2v) is 8.19. The number of hydrogen-bond acceptors (Lipinski definition) is 5. The number of carbonyl (C=O) groups is 1. The van der Waals surface area contributed by atoms with Crippen molar-refractivity contribution in [3.05, 3.63) is 69.1 Å². The van der Waals surface area contributed by atoms with Gasteiger partial charge in [0, 0.05) is 7.05 Å². The highest BCUT2D eigenvalue weighted by molar-refractivity contribution is 5.98. The number of rotatable bonds is 8. The number of unbranched alkanes of at least 4 members (excludes halogenated alkanes) is 2. The van der Waals surface area contributed by atoms with Crippen LogP contribution in [0.4, 0.5) is 0 Å². The summed E-state index contributed by atoms with van der Waals surface area (Å²) in [6, 6.07) is 10.5. The predicted octanol–water partition coefficient (Wildman–Crippen LogP) is 5.24. The van der Waals surface area contributed by atoms with Crippen LogP contribution in [0.5, 0.6) is 11.5 Å². The van der Waals surface area contributed by atoms with Crippen molar-refractivity contribution in [1.82, 2.24) is 4.90 Å². The van der Waals surface area contributed by atoms with E-state index in [-0.39, 0.29) is 17.1 Å². The van der Waals surface area contributed by atoms with Gasteiger partial charge in [0.25, 0.3) is 5.91 Å². The summed E-state index contributed by atoms with van der Waals surface area (Å²) in [7, 11) is 1.69. The molecule has 6 heteroatoms. The summed E-state index contributed by atoms with van der Waals surface area (Å²) in [5, 5.41) is 0.484. The van der Waals surface area contributed by atoms with Crippen LogP contribution in [0.2, 0.25) is 0 Å². The standard InChI is InChI=1S/C26H29NO5/c1-5-7-8-13-31-20-12-10-17(15-21(20)30-6-2)23-22-24(28)18-14-16(3)9-11-19(18)32-25(22)26(29)27(23)4/h9-12,14-15,23H,5-8,13H2,1-4H3. The molecular formula is C26H29NO5. The molecule has 0 bridgehead atoms. The summed E-state index contributed by atoms with van der Waals surface area (Å²) in [4.78, 5) is 27.9. The van der Waals surface area contributed by atoms with Gasteiger partial charge in [0.2, 0.25) is 5.76 Å². The molecule has 6 nitrogen and oxygen atoms in total. The molecule has 1 aromatic heterocycles. The van der Waals surface area contributed by atoms with Gasteiger partial charge in [-0.2, -0.15) is 0 Å².